The summed E-state index contributed by atoms with van der Waals surface area (Å²) in [6.45, 7) is 1.38. The molecule has 1 aliphatic heterocycles. The minimum Gasteiger partial charge on any atom is -0.487 e. The van der Waals surface area contributed by atoms with Crippen molar-refractivity contribution in [2.24, 2.45) is 0 Å². The fourth-order valence-electron chi connectivity index (χ4n) is 3.60. The summed E-state index contributed by atoms with van der Waals surface area (Å²) in [7, 11) is 0. The molecule has 156 valence electrons. The molecule has 2 aliphatic rings. The minimum atomic E-state index is -0.681. The van der Waals surface area contributed by atoms with Crippen LogP contribution in [0.1, 0.15) is 25.7 Å². The van der Waals surface area contributed by atoms with Gasteiger partial charge in [-0.15, -0.1) is 0 Å². The molecule has 1 saturated heterocycles. The summed E-state index contributed by atoms with van der Waals surface area (Å²) in [5, 5.41) is 3.84. The van der Waals surface area contributed by atoms with Crippen LogP contribution in [-0.2, 0) is 0 Å². The molecular weight excluding hydrogens is 412 g/mol. The highest BCUT2D eigenvalue weighted by Crippen LogP contribution is 2.33. The van der Waals surface area contributed by atoms with Crippen molar-refractivity contribution in [3.05, 3.63) is 47.2 Å². The number of hydrogen-bond donors (Lipinski definition) is 1. The van der Waals surface area contributed by atoms with E-state index >= 15 is 0 Å². The zero-order chi connectivity index (χ0) is 20.7. The molecule has 0 bridgehead atoms. The summed E-state index contributed by atoms with van der Waals surface area (Å²) in [6, 6.07) is 5.51. The maximum Gasteiger partial charge on any atom is 0.172 e. The van der Waals surface area contributed by atoms with E-state index in [0.717, 1.165) is 30.5 Å². The summed E-state index contributed by atoms with van der Waals surface area (Å²) >= 11 is 6.01. The lowest BCUT2D eigenvalue weighted by Crippen LogP contribution is -2.39. The monoisotopic (exact) mass is 431 g/mol. The molecule has 1 aliphatic carbocycles. The van der Waals surface area contributed by atoms with Gasteiger partial charge in [-0.25, -0.2) is 23.7 Å². The Labute approximate surface area is 177 Å². The van der Waals surface area contributed by atoms with E-state index in [0.29, 0.717) is 48.2 Å². The number of rotatable bonds is 5. The number of ether oxygens (including phenoxy) is 1. The van der Waals surface area contributed by atoms with Crippen LogP contribution in [0.4, 0.5) is 20.4 Å². The Morgan fingerprint density at radius 3 is 2.57 bits per heavy atom. The lowest BCUT2D eigenvalue weighted by atomic mass is 10.1. The molecule has 1 N–H and O–H groups in total. The molecule has 3 heterocycles. The maximum absolute atomic E-state index is 13.9. The van der Waals surface area contributed by atoms with Crippen LogP contribution in [0.3, 0.4) is 0 Å². The number of piperidine rings is 1. The molecule has 2 fully saturated rings. The fraction of sp³-hybridized carbons (Fsp3) is 0.381. The molecule has 30 heavy (non-hydrogen) atoms. The smallest absolute Gasteiger partial charge is 0.172 e. The number of benzene rings is 1. The van der Waals surface area contributed by atoms with Gasteiger partial charge in [-0.1, -0.05) is 11.6 Å². The van der Waals surface area contributed by atoms with Crippen LogP contribution in [0.15, 0.2) is 30.5 Å². The molecule has 0 radical (unpaired) electrons. The van der Waals surface area contributed by atoms with Crippen LogP contribution in [-0.4, -0.2) is 40.2 Å². The molecule has 1 saturated carbocycles. The second-order valence-corrected chi connectivity index (χ2v) is 8.08. The van der Waals surface area contributed by atoms with Crippen LogP contribution >= 0.6 is 11.6 Å². The molecule has 5 rings (SSSR count). The number of pyridine rings is 1. The first-order valence-electron chi connectivity index (χ1n) is 10.0. The predicted octanol–water partition coefficient (Wildman–Crippen LogP) is 4.58. The van der Waals surface area contributed by atoms with Crippen LogP contribution in [0.25, 0.3) is 11.0 Å². The first-order valence-corrected chi connectivity index (χ1v) is 10.4. The van der Waals surface area contributed by atoms with Crippen molar-refractivity contribution < 1.29 is 13.5 Å². The van der Waals surface area contributed by atoms with E-state index in [1.54, 1.807) is 12.3 Å². The largest absolute Gasteiger partial charge is 0.487 e. The second-order valence-electron chi connectivity index (χ2n) is 7.69. The van der Waals surface area contributed by atoms with Gasteiger partial charge in [0.15, 0.2) is 23.2 Å². The molecule has 2 aromatic heterocycles. The molecule has 0 atom stereocenters. The van der Waals surface area contributed by atoms with E-state index in [1.165, 1.54) is 12.1 Å². The third kappa shape index (κ3) is 4.09. The van der Waals surface area contributed by atoms with Crippen LogP contribution < -0.4 is 15.0 Å². The van der Waals surface area contributed by atoms with Gasteiger partial charge in [0.05, 0.1) is 11.7 Å². The standard InChI is InChI=1S/C21H20ClF2N5O/c22-19-10-16-17(11-25-19)28-21(20(27-16)26-13-2-3-13)29-7-5-14(6-8-29)30-18-4-1-12(23)9-15(18)24/h1,4,9-11,13-14H,2-3,5-8H2,(H,26,27). The fourth-order valence-corrected chi connectivity index (χ4v) is 3.75. The van der Waals surface area contributed by atoms with Gasteiger partial charge in [0.1, 0.15) is 22.6 Å². The number of hydrogen-bond acceptors (Lipinski definition) is 6. The summed E-state index contributed by atoms with van der Waals surface area (Å²) < 4.78 is 32.8. The van der Waals surface area contributed by atoms with E-state index in [9.17, 15) is 8.78 Å². The number of aromatic nitrogens is 3. The molecule has 3 aromatic rings. The van der Waals surface area contributed by atoms with E-state index in [1.807, 2.05) is 0 Å². The summed E-state index contributed by atoms with van der Waals surface area (Å²) in [4.78, 5) is 15.8. The van der Waals surface area contributed by atoms with Gasteiger partial charge >= 0.3 is 0 Å². The summed E-state index contributed by atoms with van der Waals surface area (Å²) in [6.07, 6.45) is 5.11. The number of halogens is 3. The molecule has 0 spiro atoms. The average molecular weight is 432 g/mol. The van der Waals surface area contributed by atoms with E-state index < -0.39 is 11.6 Å². The number of nitrogens with zero attached hydrogens (tertiary/aromatic N) is 4. The Balaban J connectivity index is 1.34. The predicted molar refractivity (Wildman–Crippen MR) is 111 cm³/mol. The third-order valence-electron chi connectivity index (χ3n) is 5.35. The van der Waals surface area contributed by atoms with Gasteiger partial charge in [0.25, 0.3) is 0 Å². The lowest BCUT2D eigenvalue weighted by molar-refractivity contribution is 0.163. The van der Waals surface area contributed by atoms with Gasteiger partial charge in [-0.05, 0) is 25.0 Å². The highest BCUT2D eigenvalue weighted by Gasteiger charge is 2.28. The van der Waals surface area contributed by atoms with Crippen molar-refractivity contribution in [3.63, 3.8) is 0 Å². The van der Waals surface area contributed by atoms with E-state index in [4.69, 9.17) is 26.3 Å². The Bertz CT molecular complexity index is 1090. The molecule has 9 heteroatoms. The second kappa shape index (κ2) is 7.83. The molecule has 0 unspecified atom stereocenters. The van der Waals surface area contributed by atoms with Crippen molar-refractivity contribution in [2.75, 3.05) is 23.3 Å². The SMILES string of the molecule is Fc1ccc(OC2CCN(c3nc4cnc(Cl)cc4nc3NC3CC3)CC2)c(F)c1. The zero-order valence-corrected chi connectivity index (χ0v) is 16.9. The zero-order valence-electron chi connectivity index (χ0n) is 16.1. The Kier molecular flexibility index (Phi) is 5.02. The van der Waals surface area contributed by atoms with Gasteiger partial charge in [-0.2, -0.15) is 0 Å². The maximum atomic E-state index is 13.9. The van der Waals surface area contributed by atoms with Gasteiger partial charge in [-0.3, -0.25) is 0 Å². The van der Waals surface area contributed by atoms with Crippen molar-refractivity contribution >= 4 is 34.3 Å². The summed E-state index contributed by atoms with van der Waals surface area (Å²) in [5.41, 5.74) is 1.38. The van der Waals surface area contributed by atoms with E-state index in [-0.39, 0.29) is 11.9 Å². The quantitative estimate of drug-likeness (QED) is 0.597. The number of anilines is 2. The summed E-state index contributed by atoms with van der Waals surface area (Å²) in [5.74, 6) is 0.316. The van der Waals surface area contributed by atoms with Crippen LogP contribution in [0.5, 0.6) is 5.75 Å². The average Bonchev–Trinajstić information content (AvgIpc) is 3.54. The van der Waals surface area contributed by atoms with Gasteiger partial charge in [0.2, 0.25) is 0 Å². The van der Waals surface area contributed by atoms with Crippen LogP contribution in [0, 0.1) is 11.6 Å². The van der Waals surface area contributed by atoms with Gasteiger partial charge in [0, 0.05) is 44.1 Å². The minimum absolute atomic E-state index is 0.0828. The molecule has 6 nitrogen and oxygen atoms in total. The van der Waals surface area contributed by atoms with Crippen molar-refractivity contribution in [1.29, 1.82) is 0 Å². The number of nitrogens with one attached hydrogen (secondary N) is 1. The first-order chi connectivity index (χ1) is 14.5. The topological polar surface area (TPSA) is 63.2 Å². The third-order valence-corrected chi connectivity index (χ3v) is 5.55. The highest BCUT2D eigenvalue weighted by molar-refractivity contribution is 6.29. The first kappa shape index (κ1) is 19.2. The normalized spacial score (nSPS) is 17.4. The number of fused-ring (bicyclic) bond motifs is 1. The van der Waals surface area contributed by atoms with Crippen molar-refractivity contribution in [3.8, 4) is 5.75 Å². The molecule has 1 aromatic carbocycles. The Morgan fingerprint density at radius 2 is 1.83 bits per heavy atom. The highest BCUT2D eigenvalue weighted by atomic mass is 35.5. The van der Waals surface area contributed by atoms with Gasteiger partial charge < -0.3 is 15.0 Å². The molecular formula is C21H20ClF2N5O. The van der Waals surface area contributed by atoms with Crippen LogP contribution in [0.2, 0.25) is 5.15 Å². The Morgan fingerprint density at radius 1 is 1.03 bits per heavy atom. The molecule has 0 amide bonds. The van der Waals surface area contributed by atoms with E-state index in [2.05, 4.69) is 15.2 Å². The lowest BCUT2D eigenvalue weighted by Gasteiger charge is -2.33. The van der Waals surface area contributed by atoms with Crippen molar-refractivity contribution in [2.45, 2.75) is 37.8 Å². The Hall–Kier alpha value is -2.74. The van der Waals surface area contributed by atoms with Crippen molar-refractivity contribution in [1.82, 2.24) is 15.0 Å².